The summed E-state index contributed by atoms with van der Waals surface area (Å²) >= 11 is 0. The van der Waals surface area contributed by atoms with Crippen LogP contribution >= 0.6 is 0 Å². The van der Waals surface area contributed by atoms with E-state index in [-0.39, 0.29) is 35.4 Å². The molecule has 0 bridgehead atoms. The van der Waals surface area contributed by atoms with Gasteiger partial charge in [0.25, 0.3) is 0 Å². The highest BCUT2D eigenvalue weighted by molar-refractivity contribution is 6.29. The van der Waals surface area contributed by atoms with Gasteiger partial charge in [0.05, 0.1) is 6.10 Å². The van der Waals surface area contributed by atoms with Gasteiger partial charge in [-0.15, -0.1) is 0 Å². The molecule has 4 aliphatic rings. The van der Waals surface area contributed by atoms with Gasteiger partial charge in [0.2, 0.25) is 5.78 Å². The Morgan fingerprint density at radius 2 is 1.97 bits per heavy atom. The quantitative estimate of drug-likeness (QED) is 0.408. The zero-order valence-electron chi connectivity index (χ0n) is 18.8. The molecule has 0 spiro atoms. The zero-order chi connectivity index (χ0) is 22.6. The fourth-order valence-electron chi connectivity index (χ4n) is 7.84. The van der Waals surface area contributed by atoms with Crippen molar-refractivity contribution in [1.29, 1.82) is 0 Å². The van der Waals surface area contributed by atoms with Gasteiger partial charge in [-0.3, -0.25) is 19.2 Å². The molecule has 1 N–H and O–H groups in total. The minimum atomic E-state index is -1.49. The number of fused-ring (bicyclic) bond motifs is 5. The van der Waals surface area contributed by atoms with Crippen LogP contribution in [-0.4, -0.2) is 40.6 Å². The summed E-state index contributed by atoms with van der Waals surface area (Å²) in [5.74, 6) is -0.723. The van der Waals surface area contributed by atoms with Gasteiger partial charge in [0.15, 0.2) is 17.7 Å². The number of rotatable bonds is 5. The summed E-state index contributed by atoms with van der Waals surface area (Å²) < 4.78 is 5.85. The second kappa shape index (κ2) is 7.65. The highest BCUT2D eigenvalue weighted by atomic mass is 16.6. The van der Waals surface area contributed by atoms with Gasteiger partial charge in [0.1, 0.15) is 0 Å². The number of carbonyl (C=O) groups excluding carboxylic acids is 4. The van der Waals surface area contributed by atoms with Gasteiger partial charge < -0.3 is 9.84 Å². The van der Waals surface area contributed by atoms with Crippen molar-refractivity contribution in [2.24, 2.45) is 28.6 Å². The topological polar surface area (TPSA) is 97.7 Å². The number of Topliss-reactive ketones (excluding diaryl/α,β-unsaturated/α-hetero) is 1. The molecule has 6 heteroatoms. The molecule has 31 heavy (non-hydrogen) atoms. The lowest BCUT2D eigenvalue weighted by atomic mass is 9.45. The van der Waals surface area contributed by atoms with Crippen molar-refractivity contribution in [3.63, 3.8) is 0 Å². The predicted molar refractivity (Wildman–Crippen MR) is 113 cm³/mol. The number of aliphatic hydroxyl groups is 1. The maximum atomic E-state index is 13.0. The molecule has 0 aromatic carbocycles. The molecule has 3 saturated carbocycles. The summed E-state index contributed by atoms with van der Waals surface area (Å²) in [6.07, 6.45) is 6.42. The Morgan fingerprint density at radius 3 is 2.65 bits per heavy atom. The maximum absolute atomic E-state index is 13.0. The summed E-state index contributed by atoms with van der Waals surface area (Å²) in [6, 6.07) is 0. The summed E-state index contributed by atoms with van der Waals surface area (Å²) in [4.78, 5) is 49.1. The fourth-order valence-corrected chi connectivity index (χ4v) is 7.84. The molecule has 0 saturated heterocycles. The van der Waals surface area contributed by atoms with Gasteiger partial charge in [-0.25, -0.2) is 0 Å². The third-order valence-corrected chi connectivity index (χ3v) is 9.26. The summed E-state index contributed by atoms with van der Waals surface area (Å²) in [5.41, 5.74) is -1.35. The van der Waals surface area contributed by atoms with Gasteiger partial charge in [0, 0.05) is 18.3 Å². The van der Waals surface area contributed by atoms with E-state index in [1.807, 2.05) is 13.8 Å². The van der Waals surface area contributed by atoms with Crippen LogP contribution in [0.25, 0.3) is 0 Å². The van der Waals surface area contributed by atoms with Crippen molar-refractivity contribution in [2.45, 2.75) is 90.3 Å². The van der Waals surface area contributed by atoms with Gasteiger partial charge in [-0.05, 0) is 74.2 Å². The molecular weight excluding hydrogens is 396 g/mol. The average Bonchev–Trinajstić information content (AvgIpc) is 3.00. The lowest BCUT2D eigenvalue weighted by Gasteiger charge is -2.60. The van der Waals surface area contributed by atoms with Crippen LogP contribution in [-0.2, 0) is 23.9 Å². The molecule has 0 aromatic rings. The average molecular weight is 431 g/mol. The van der Waals surface area contributed by atoms with Crippen molar-refractivity contribution in [1.82, 2.24) is 0 Å². The summed E-state index contributed by atoms with van der Waals surface area (Å²) in [7, 11) is 0. The lowest BCUT2D eigenvalue weighted by molar-refractivity contribution is -0.200. The number of aliphatic hydroxyl groups excluding tert-OH is 1. The number of ether oxygens (including phenoxy) is 1. The van der Waals surface area contributed by atoms with Gasteiger partial charge in [-0.1, -0.05) is 26.3 Å². The Labute approximate surface area is 183 Å². The van der Waals surface area contributed by atoms with E-state index in [4.69, 9.17) is 4.74 Å². The molecule has 0 aromatic heterocycles. The van der Waals surface area contributed by atoms with E-state index in [0.717, 1.165) is 24.8 Å². The number of hydrogen-bond acceptors (Lipinski definition) is 6. The molecule has 6 nitrogen and oxygen atoms in total. The molecule has 0 aliphatic heterocycles. The second-order valence-corrected chi connectivity index (χ2v) is 10.6. The third kappa shape index (κ3) is 3.08. The first-order valence-corrected chi connectivity index (χ1v) is 11.8. The number of hydrogen-bond donors (Lipinski definition) is 1. The van der Waals surface area contributed by atoms with E-state index in [1.165, 1.54) is 0 Å². The van der Waals surface area contributed by atoms with Crippen LogP contribution in [0.1, 0.15) is 78.6 Å². The van der Waals surface area contributed by atoms with E-state index < -0.39 is 28.9 Å². The molecule has 0 unspecified atom stereocenters. The van der Waals surface area contributed by atoms with Crippen LogP contribution < -0.4 is 0 Å². The first-order valence-electron chi connectivity index (χ1n) is 11.8. The Balaban J connectivity index is 1.73. The van der Waals surface area contributed by atoms with Crippen molar-refractivity contribution in [3.05, 3.63) is 11.6 Å². The molecule has 0 heterocycles. The minimum absolute atomic E-state index is 0.00662. The molecule has 4 rings (SSSR count). The maximum Gasteiger partial charge on any atom is 0.306 e. The van der Waals surface area contributed by atoms with E-state index in [2.05, 4.69) is 6.92 Å². The number of ketones is 2. The Bertz CT molecular complexity index is 845. The van der Waals surface area contributed by atoms with E-state index in [1.54, 1.807) is 6.08 Å². The SMILES string of the molecule is CCCC(=O)O[C@]1(C(=O)C=O)CC[C@H]2[C@@H]3CCC4=CC(=O)CC[C@]4(C)[C@H]3[C@@H](O)C[C@@]21C. The van der Waals surface area contributed by atoms with Crippen molar-refractivity contribution in [2.75, 3.05) is 0 Å². The van der Waals surface area contributed by atoms with E-state index in [0.29, 0.717) is 38.4 Å². The smallest absolute Gasteiger partial charge is 0.306 e. The summed E-state index contributed by atoms with van der Waals surface area (Å²) in [6.45, 7) is 5.98. The first-order chi connectivity index (χ1) is 14.6. The Hall–Kier alpha value is -1.82. The van der Waals surface area contributed by atoms with Gasteiger partial charge in [-0.2, -0.15) is 0 Å². The Morgan fingerprint density at radius 1 is 1.23 bits per heavy atom. The molecule has 0 amide bonds. The number of esters is 1. The van der Waals surface area contributed by atoms with Crippen LogP contribution in [0, 0.1) is 28.6 Å². The number of allylic oxidation sites excluding steroid dienone is 1. The summed E-state index contributed by atoms with van der Waals surface area (Å²) in [5, 5.41) is 11.5. The third-order valence-electron chi connectivity index (χ3n) is 9.26. The number of aldehydes is 1. The molecule has 4 aliphatic carbocycles. The molecular formula is C25H34O6. The zero-order valence-corrected chi connectivity index (χ0v) is 18.8. The van der Waals surface area contributed by atoms with Crippen LogP contribution in [0.5, 0.6) is 0 Å². The lowest BCUT2D eigenvalue weighted by Crippen LogP contribution is -2.63. The normalized spacial score (nSPS) is 43.9. The monoisotopic (exact) mass is 430 g/mol. The Kier molecular flexibility index (Phi) is 5.52. The van der Waals surface area contributed by atoms with Crippen molar-refractivity contribution >= 4 is 23.8 Å². The minimum Gasteiger partial charge on any atom is -0.450 e. The van der Waals surface area contributed by atoms with Crippen LogP contribution in [0.2, 0.25) is 0 Å². The van der Waals surface area contributed by atoms with Crippen molar-refractivity contribution in [3.8, 4) is 0 Å². The van der Waals surface area contributed by atoms with E-state index in [9.17, 15) is 24.3 Å². The predicted octanol–water partition coefficient (Wildman–Crippen LogP) is 3.34. The first kappa shape index (κ1) is 22.4. The molecule has 0 radical (unpaired) electrons. The van der Waals surface area contributed by atoms with Gasteiger partial charge >= 0.3 is 5.97 Å². The van der Waals surface area contributed by atoms with E-state index >= 15 is 0 Å². The van der Waals surface area contributed by atoms with Crippen LogP contribution in [0.4, 0.5) is 0 Å². The fraction of sp³-hybridized carbons (Fsp3) is 0.760. The van der Waals surface area contributed by atoms with Crippen molar-refractivity contribution < 1.29 is 29.0 Å². The number of carbonyl (C=O) groups is 4. The highest BCUT2D eigenvalue weighted by Gasteiger charge is 2.70. The van der Waals surface area contributed by atoms with Crippen LogP contribution in [0.3, 0.4) is 0 Å². The second-order valence-electron chi connectivity index (χ2n) is 10.6. The largest absolute Gasteiger partial charge is 0.450 e. The molecule has 3 fully saturated rings. The molecule has 7 atom stereocenters. The highest BCUT2D eigenvalue weighted by Crippen LogP contribution is 2.68. The van der Waals surface area contributed by atoms with Crippen LogP contribution in [0.15, 0.2) is 11.6 Å². The standard InChI is InChI=1S/C25H34O6/c1-4-5-21(30)31-25(20(29)14-26)11-9-18-17-7-6-15-12-16(27)8-10-23(15,2)22(17)19(28)13-24(18,25)3/h12,14,17-19,22,28H,4-11,13H2,1-3H3/t17-,18-,19-,22+,23-,24-,25-/m0/s1. The molecule has 170 valence electrons.